The highest BCUT2D eigenvalue weighted by Gasteiger charge is 2.22. The van der Waals surface area contributed by atoms with E-state index in [0.717, 1.165) is 12.8 Å². The van der Waals surface area contributed by atoms with Crippen LogP contribution < -0.4 is 10.6 Å². The van der Waals surface area contributed by atoms with Crippen molar-refractivity contribution >= 4 is 11.8 Å². The molecule has 2 N–H and O–H groups in total. The molecule has 1 aliphatic rings. The van der Waals surface area contributed by atoms with E-state index in [1.807, 2.05) is 0 Å². The molecule has 0 unspecified atom stereocenters. The molecule has 86 valence electrons. The second kappa shape index (κ2) is 4.83. The van der Waals surface area contributed by atoms with Crippen LogP contribution in [0, 0.1) is 0 Å². The van der Waals surface area contributed by atoms with E-state index in [1.54, 1.807) is 6.07 Å². The van der Waals surface area contributed by atoms with Gasteiger partial charge in [-0.1, -0.05) is 0 Å². The second-order valence-corrected chi connectivity index (χ2v) is 3.82. The van der Waals surface area contributed by atoms with Crippen LogP contribution in [0.4, 0.5) is 0 Å². The van der Waals surface area contributed by atoms with Gasteiger partial charge in [-0.25, -0.2) is 0 Å². The lowest BCUT2D eigenvalue weighted by Crippen LogP contribution is -2.45. The molecule has 1 saturated heterocycles. The fourth-order valence-corrected chi connectivity index (χ4v) is 1.71. The highest BCUT2D eigenvalue weighted by Crippen LogP contribution is 2.07. The third-order valence-electron chi connectivity index (χ3n) is 2.62. The zero-order chi connectivity index (χ0) is 11.4. The van der Waals surface area contributed by atoms with Crippen molar-refractivity contribution in [2.45, 2.75) is 25.3 Å². The third kappa shape index (κ3) is 2.42. The minimum Gasteiger partial charge on any atom is -0.472 e. The monoisotopic (exact) mass is 222 g/mol. The SMILES string of the molecule is O=C(N[C@@H]1CCCCNC1=O)c1ccoc1. The van der Waals surface area contributed by atoms with E-state index in [9.17, 15) is 9.59 Å². The normalized spacial score (nSPS) is 21.0. The standard InChI is InChI=1S/C11H14N2O3/c14-10(8-4-6-16-7-8)13-9-3-1-2-5-12-11(9)15/h4,6-7,9H,1-3,5H2,(H,12,15)(H,13,14)/t9-/m1/s1. The maximum Gasteiger partial charge on any atom is 0.255 e. The molecule has 1 fully saturated rings. The molecule has 2 heterocycles. The van der Waals surface area contributed by atoms with Crippen molar-refractivity contribution in [1.29, 1.82) is 0 Å². The first kappa shape index (κ1) is 10.7. The molecule has 0 spiro atoms. The maximum absolute atomic E-state index is 11.7. The molecule has 1 aliphatic heterocycles. The Morgan fingerprint density at radius 3 is 3.12 bits per heavy atom. The predicted octanol–water partition coefficient (Wildman–Crippen LogP) is 0.678. The summed E-state index contributed by atoms with van der Waals surface area (Å²) in [6, 6.07) is 1.15. The summed E-state index contributed by atoms with van der Waals surface area (Å²) in [7, 11) is 0. The molecule has 16 heavy (non-hydrogen) atoms. The molecule has 1 aromatic heterocycles. The first-order valence-corrected chi connectivity index (χ1v) is 5.38. The highest BCUT2D eigenvalue weighted by atomic mass is 16.3. The van der Waals surface area contributed by atoms with E-state index >= 15 is 0 Å². The van der Waals surface area contributed by atoms with Crippen LogP contribution in [0.1, 0.15) is 29.6 Å². The zero-order valence-corrected chi connectivity index (χ0v) is 8.86. The van der Waals surface area contributed by atoms with Gasteiger partial charge < -0.3 is 15.1 Å². The Hall–Kier alpha value is -1.78. The Morgan fingerprint density at radius 1 is 1.50 bits per heavy atom. The van der Waals surface area contributed by atoms with Gasteiger partial charge in [-0.3, -0.25) is 9.59 Å². The van der Waals surface area contributed by atoms with Gasteiger partial charge in [0.25, 0.3) is 5.91 Å². The Balaban J connectivity index is 1.97. The van der Waals surface area contributed by atoms with Gasteiger partial charge >= 0.3 is 0 Å². The molecule has 0 aliphatic carbocycles. The summed E-state index contributed by atoms with van der Waals surface area (Å²) in [4.78, 5) is 23.3. The van der Waals surface area contributed by atoms with Crippen LogP contribution in [0.5, 0.6) is 0 Å². The van der Waals surface area contributed by atoms with Crippen molar-refractivity contribution < 1.29 is 14.0 Å². The summed E-state index contributed by atoms with van der Waals surface area (Å²) in [5.74, 6) is -0.370. The topological polar surface area (TPSA) is 71.3 Å². The van der Waals surface area contributed by atoms with Crippen molar-refractivity contribution in [3.05, 3.63) is 24.2 Å². The van der Waals surface area contributed by atoms with Crippen LogP contribution in [0.2, 0.25) is 0 Å². The highest BCUT2D eigenvalue weighted by molar-refractivity contribution is 5.97. The average molecular weight is 222 g/mol. The molecule has 1 atom stereocenters. The number of rotatable bonds is 2. The number of carbonyl (C=O) groups excluding carboxylic acids is 2. The van der Waals surface area contributed by atoms with E-state index < -0.39 is 6.04 Å². The van der Waals surface area contributed by atoms with Crippen LogP contribution in [-0.4, -0.2) is 24.4 Å². The number of hydrogen-bond donors (Lipinski definition) is 2. The minimum atomic E-state index is -0.426. The lowest BCUT2D eigenvalue weighted by Gasteiger charge is -2.14. The maximum atomic E-state index is 11.7. The van der Waals surface area contributed by atoms with Gasteiger partial charge in [0.05, 0.1) is 11.8 Å². The molecule has 5 nitrogen and oxygen atoms in total. The van der Waals surface area contributed by atoms with Crippen molar-refractivity contribution in [1.82, 2.24) is 10.6 Å². The molecule has 5 heteroatoms. The molecular weight excluding hydrogens is 208 g/mol. The van der Waals surface area contributed by atoms with Gasteiger partial charge in [-0.2, -0.15) is 0 Å². The lowest BCUT2D eigenvalue weighted by atomic mass is 10.1. The average Bonchev–Trinajstić information content (AvgIpc) is 2.73. The molecular formula is C11H14N2O3. The van der Waals surface area contributed by atoms with Crippen molar-refractivity contribution in [3.63, 3.8) is 0 Å². The van der Waals surface area contributed by atoms with E-state index in [2.05, 4.69) is 10.6 Å². The Kier molecular flexibility index (Phi) is 3.24. The first-order chi connectivity index (χ1) is 7.77. The van der Waals surface area contributed by atoms with Gasteiger partial charge in [0.15, 0.2) is 0 Å². The Morgan fingerprint density at radius 2 is 2.38 bits per heavy atom. The summed E-state index contributed by atoms with van der Waals surface area (Å²) in [5.41, 5.74) is 0.442. The van der Waals surface area contributed by atoms with Crippen LogP contribution in [-0.2, 0) is 4.79 Å². The largest absolute Gasteiger partial charge is 0.472 e. The van der Waals surface area contributed by atoms with E-state index in [4.69, 9.17) is 4.42 Å². The van der Waals surface area contributed by atoms with Crippen molar-refractivity contribution in [2.24, 2.45) is 0 Å². The molecule has 0 saturated carbocycles. The van der Waals surface area contributed by atoms with Crippen LogP contribution >= 0.6 is 0 Å². The molecule has 1 aromatic rings. The lowest BCUT2D eigenvalue weighted by molar-refractivity contribution is -0.122. The summed E-state index contributed by atoms with van der Waals surface area (Å²) >= 11 is 0. The molecule has 2 rings (SSSR count). The van der Waals surface area contributed by atoms with Crippen LogP contribution in [0.25, 0.3) is 0 Å². The summed E-state index contributed by atoms with van der Waals surface area (Å²) in [6.45, 7) is 0.691. The predicted molar refractivity (Wildman–Crippen MR) is 56.8 cm³/mol. The fourth-order valence-electron chi connectivity index (χ4n) is 1.71. The Bertz CT molecular complexity index is 373. The van der Waals surface area contributed by atoms with Crippen molar-refractivity contribution in [2.75, 3.05) is 6.54 Å². The van der Waals surface area contributed by atoms with E-state index in [1.165, 1.54) is 12.5 Å². The summed E-state index contributed by atoms with van der Waals surface area (Å²) < 4.78 is 4.81. The summed E-state index contributed by atoms with van der Waals surface area (Å²) in [6.07, 6.45) is 5.39. The number of nitrogens with one attached hydrogen (secondary N) is 2. The Labute approximate surface area is 93.2 Å². The number of furan rings is 1. The molecule has 0 aromatic carbocycles. The third-order valence-corrected chi connectivity index (χ3v) is 2.62. The van der Waals surface area contributed by atoms with Gasteiger partial charge in [0.1, 0.15) is 12.3 Å². The number of hydrogen-bond acceptors (Lipinski definition) is 3. The second-order valence-electron chi connectivity index (χ2n) is 3.82. The van der Waals surface area contributed by atoms with Gasteiger partial charge in [-0.15, -0.1) is 0 Å². The number of amides is 2. The molecule has 0 bridgehead atoms. The molecule has 2 amide bonds. The minimum absolute atomic E-state index is 0.102. The first-order valence-electron chi connectivity index (χ1n) is 5.38. The van der Waals surface area contributed by atoms with Crippen LogP contribution in [0.3, 0.4) is 0 Å². The van der Waals surface area contributed by atoms with Gasteiger partial charge in [0, 0.05) is 6.54 Å². The van der Waals surface area contributed by atoms with Crippen molar-refractivity contribution in [3.8, 4) is 0 Å². The van der Waals surface area contributed by atoms with Gasteiger partial charge in [0.2, 0.25) is 5.91 Å². The van der Waals surface area contributed by atoms with E-state index in [-0.39, 0.29) is 11.8 Å². The molecule has 0 radical (unpaired) electrons. The fraction of sp³-hybridized carbons (Fsp3) is 0.455. The van der Waals surface area contributed by atoms with Gasteiger partial charge in [-0.05, 0) is 25.3 Å². The quantitative estimate of drug-likeness (QED) is 0.772. The number of carbonyl (C=O) groups is 2. The van der Waals surface area contributed by atoms with E-state index in [0.29, 0.717) is 18.5 Å². The van der Waals surface area contributed by atoms with Crippen LogP contribution in [0.15, 0.2) is 23.0 Å². The summed E-state index contributed by atoms with van der Waals surface area (Å²) in [5, 5.41) is 5.47. The smallest absolute Gasteiger partial charge is 0.255 e. The zero-order valence-electron chi connectivity index (χ0n) is 8.86.